The monoisotopic (exact) mass is 535 g/mol. The van der Waals surface area contributed by atoms with Crippen LogP contribution < -0.4 is 24.8 Å². The van der Waals surface area contributed by atoms with Crippen molar-refractivity contribution >= 4 is 50.5 Å². The maximum atomic E-state index is 12.8. The van der Waals surface area contributed by atoms with Crippen molar-refractivity contribution in [2.24, 2.45) is 0 Å². The summed E-state index contributed by atoms with van der Waals surface area (Å²) in [4.78, 5) is 26.9. The number of nitrogens with zero attached hydrogens (tertiary/aromatic N) is 3. The van der Waals surface area contributed by atoms with E-state index in [1.807, 2.05) is 6.07 Å². The van der Waals surface area contributed by atoms with E-state index >= 15 is 0 Å². The van der Waals surface area contributed by atoms with Crippen LogP contribution in [-0.4, -0.2) is 69.1 Å². The zero-order chi connectivity index (χ0) is 26.1. The Morgan fingerprint density at radius 1 is 1.22 bits per heavy atom. The van der Waals surface area contributed by atoms with Crippen LogP contribution in [0.5, 0.6) is 0 Å². The van der Waals surface area contributed by atoms with E-state index in [1.54, 1.807) is 38.1 Å². The molecule has 1 saturated heterocycles. The third-order valence-corrected chi connectivity index (χ3v) is 7.73. The number of ether oxygens (including phenoxy) is 2. The number of carbonyl (C=O) groups is 1. The van der Waals surface area contributed by atoms with Crippen LogP contribution in [0, 0.1) is 11.3 Å². The molecule has 2 aromatic rings. The lowest BCUT2D eigenvalue weighted by atomic mass is 10.3. The van der Waals surface area contributed by atoms with Gasteiger partial charge < -0.3 is 14.8 Å². The molecule has 1 aliphatic heterocycles. The summed E-state index contributed by atoms with van der Waals surface area (Å²) in [6.07, 6.45) is 1.49. The van der Waals surface area contributed by atoms with Crippen LogP contribution in [0.4, 0.5) is 11.4 Å². The fourth-order valence-corrected chi connectivity index (χ4v) is 5.64. The number of thiazole rings is 1. The fraction of sp³-hybridized carbons (Fsp3) is 0.435. The largest absolute Gasteiger partial charge is 0.462 e. The highest BCUT2D eigenvalue weighted by Crippen LogP contribution is 2.15. The third-order valence-electron chi connectivity index (χ3n) is 5.34. The molecule has 0 saturated carbocycles. The lowest BCUT2D eigenvalue weighted by Crippen LogP contribution is -2.39. The summed E-state index contributed by atoms with van der Waals surface area (Å²) in [7, 11) is -3.50. The molecule has 0 bridgehead atoms. The predicted molar refractivity (Wildman–Crippen MR) is 138 cm³/mol. The molecule has 0 unspecified atom stereocenters. The first kappa shape index (κ1) is 27.4. The van der Waals surface area contributed by atoms with E-state index < -0.39 is 16.0 Å². The number of benzene rings is 1. The van der Waals surface area contributed by atoms with Gasteiger partial charge in [-0.15, -0.1) is 11.3 Å². The maximum absolute atomic E-state index is 12.8. The molecular weight excluding hydrogens is 506 g/mol. The van der Waals surface area contributed by atoms with Gasteiger partial charge >= 0.3 is 5.97 Å². The Hall–Kier alpha value is -3.18. The average Bonchev–Trinajstić information content (AvgIpc) is 3.18. The first-order valence-corrected chi connectivity index (χ1v) is 13.9. The molecule has 194 valence electrons. The van der Waals surface area contributed by atoms with Crippen LogP contribution in [0.3, 0.4) is 0 Å². The number of hydrogen-bond acceptors (Lipinski definition) is 10. The molecular formula is C23H29N5O6S2. The molecule has 3 rings (SSSR count). The zero-order valence-electron chi connectivity index (χ0n) is 20.2. The number of anilines is 2. The van der Waals surface area contributed by atoms with Gasteiger partial charge in [0.05, 0.1) is 25.6 Å². The Morgan fingerprint density at radius 2 is 1.89 bits per heavy atom. The zero-order valence-corrected chi connectivity index (χ0v) is 21.8. The number of esters is 1. The number of nitrogens with one attached hydrogen (secondary N) is 2. The number of hydrogen-bond donors (Lipinski definition) is 2. The van der Waals surface area contributed by atoms with Gasteiger partial charge in [-0.05, 0) is 38.1 Å². The van der Waals surface area contributed by atoms with E-state index in [9.17, 15) is 23.3 Å². The topological polar surface area (TPSA) is 143 Å². The number of rotatable bonds is 10. The summed E-state index contributed by atoms with van der Waals surface area (Å²) in [6, 6.07) is 8.43. The Labute approximate surface area is 213 Å². The van der Waals surface area contributed by atoms with Crippen LogP contribution in [0.25, 0.3) is 11.8 Å². The van der Waals surface area contributed by atoms with Crippen LogP contribution in [0.15, 0.2) is 29.1 Å². The van der Waals surface area contributed by atoms with Crippen molar-refractivity contribution in [2.45, 2.75) is 20.4 Å². The molecule has 0 radical (unpaired) electrons. The van der Waals surface area contributed by atoms with E-state index in [2.05, 4.69) is 14.9 Å². The summed E-state index contributed by atoms with van der Waals surface area (Å²) in [5.41, 5.74) is 0.493. The van der Waals surface area contributed by atoms with Gasteiger partial charge in [0.15, 0.2) is 5.57 Å². The molecule has 0 amide bonds. The number of sulfonamides is 1. The number of carbonyl (C=O) groups excluding carboxylic acids is 1. The van der Waals surface area contributed by atoms with E-state index in [0.717, 1.165) is 24.4 Å². The second-order valence-corrected chi connectivity index (χ2v) is 10.6. The molecule has 1 aromatic carbocycles. The smallest absolute Gasteiger partial charge is 0.351 e. The van der Waals surface area contributed by atoms with E-state index in [4.69, 9.17) is 9.47 Å². The van der Waals surface area contributed by atoms with E-state index in [1.165, 1.54) is 10.8 Å². The standard InChI is InChI=1S/C23H29N5O6S2/c1-3-28-21(29)20(35-22(28)19(15-24)23(30)34-4-2)16-25-17-5-7-18(8-6-17)26-36(31,32)14-11-27-9-12-33-13-10-27/h5-8,16,25-26H,3-4,9-14H2,1-2H3. The van der Waals surface area contributed by atoms with Crippen LogP contribution in [-0.2, 0) is 30.8 Å². The van der Waals surface area contributed by atoms with Gasteiger partial charge in [0, 0.05) is 43.8 Å². The predicted octanol–water partition coefficient (Wildman–Crippen LogP) is 0.0911. The minimum absolute atomic E-state index is 0.0152. The lowest BCUT2D eigenvalue weighted by Gasteiger charge is -2.26. The average molecular weight is 536 g/mol. The van der Waals surface area contributed by atoms with Crippen molar-refractivity contribution in [3.8, 4) is 6.07 Å². The molecule has 0 spiro atoms. The highest BCUT2D eigenvalue weighted by Gasteiger charge is 2.17. The van der Waals surface area contributed by atoms with Gasteiger partial charge in [-0.25, -0.2) is 13.2 Å². The van der Waals surface area contributed by atoms with Crippen LogP contribution >= 0.6 is 11.3 Å². The highest BCUT2D eigenvalue weighted by atomic mass is 32.2. The Bertz CT molecular complexity index is 1380. The Morgan fingerprint density at radius 3 is 2.50 bits per heavy atom. The SMILES string of the molecule is CCOC(=O)C(C#N)=c1sc(=CNc2ccc(NS(=O)(=O)CCN3CCOCC3)cc2)c(=O)n1CC. The van der Waals surface area contributed by atoms with Crippen molar-refractivity contribution in [1.29, 1.82) is 5.26 Å². The molecule has 2 heterocycles. The third kappa shape index (κ3) is 7.17. The molecule has 1 fully saturated rings. The molecule has 0 atom stereocenters. The minimum atomic E-state index is -3.50. The summed E-state index contributed by atoms with van der Waals surface area (Å²) < 4.78 is 39.5. The fourth-order valence-electron chi connectivity index (χ4n) is 3.46. The molecule has 1 aromatic heterocycles. The summed E-state index contributed by atoms with van der Waals surface area (Å²) in [5, 5.41) is 12.4. The van der Waals surface area contributed by atoms with Crippen LogP contribution in [0.1, 0.15) is 13.8 Å². The van der Waals surface area contributed by atoms with Gasteiger partial charge in [0.1, 0.15) is 15.3 Å². The molecule has 13 heteroatoms. The summed E-state index contributed by atoms with van der Waals surface area (Å²) >= 11 is 1.01. The van der Waals surface area contributed by atoms with E-state index in [-0.39, 0.29) is 34.7 Å². The van der Waals surface area contributed by atoms with Gasteiger partial charge in [-0.1, -0.05) is 0 Å². The van der Waals surface area contributed by atoms with Crippen molar-refractivity contribution in [3.05, 3.63) is 43.8 Å². The first-order chi connectivity index (χ1) is 17.3. The summed E-state index contributed by atoms with van der Waals surface area (Å²) in [5.74, 6) is -0.787. The van der Waals surface area contributed by atoms with Crippen molar-refractivity contribution in [3.63, 3.8) is 0 Å². The highest BCUT2D eigenvalue weighted by molar-refractivity contribution is 7.92. The van der Waals surface area contributed by atoms with E-state index in [0.29, 0.717) is 35.7 Å². The van der Waals surface area contributed by atoms with Crippen molar-refractivity contribution in [2.75, 3.05) is 55.2 Å². The van der Waals surface area contributed by atoms with Gasteiger partial charge in [-0.3, -0.25) is 19.0 Å². The second-order valence-electron chi connectivity index (χ2n) is 7.77. The molecule has 11 nitrogen and oxygen atoms in total. The van der Waals surface area contributed by atoms with Crippen LogP contribution in [0.2, 0.25) is 0 Å². The molecule has 0 aliphatic carbocycles. The normalized spacial score (nSPS) is 15.8. The second kappa shape index (κ2) is 12.7. The first-order valence-electron chi connectivity index (χ1n) is 11.5. The Balaban J connectivity index is 1.72. The molecule has 36 heavy (non-hydrogen) atoms. The lowest BCUT2D eigenvalue weighted by molar-refractivity contribution is -0.136. The van der Waals surface area contributed by atoms with Crippen molar-refractivity contribution in [1.82, 2.24) is 9.47 Å². The minimum Gasteiger partial charge on any atom is -0.462 e. The van der Waals surface area contributed by atoms with Crippen molar-refractivity contribution < 1.29 is 22.7 Å². The number of aromatic nitrogens is 1. The quantitative estimate of drug-likeness (QED) is 0.405. The maximum Gasteiger partial charge on any atom is 0.351 e. The van der Waals surface area contributed by atoms with Gasteiger partial charge in [0.25, 0.3) is 5.56 Å². The van der Waals surface area contributed by atoms with Gasteiger partial charge in [0.2, 0.25) is 10.0 Å². The summed E-state index contributed by atoms with van der Waals surface area (Å²) in [6.45, 7) is 6.89. The number of nitriles is 1. The molecule has 2 N–H and O–H groups in total. The number of morpholine rings is 1. The van der Waals surface area contributed by atoms with Gasteiger partial charge in [-0.2, -0.15) is 5.26 Å². The Kier molecular flexibility index (Phi) is 9.65. The molecule has 1 aliphatic rings.